The number of nitrogens with zero attached hydrogens (tertiary/aromatic N) is 1. The molecule has 0 amide bonds. The lowest BCUT2D eigenvalue weighted by Crippen LogP contribution is -1.94. The highest BCUT2D eigenvalue weighted by molar-refractivity contribution is 5.84. The first-order chi connectivity index (χ1) is 9.38. The number of benzene rings is 2. The van der Waals surface area contributed by atoms with E-state index in [2.05, 4.69) is 23.3 Å². The van der Waals surface area contributed by atoms with Gasteiger partial charge >= 0.3 is 0 Å². The van der Waals surface area contributed by atoms with Gasteiger partial charge in [-0.15, -0.1) is 0 Å². The number of hydrogen-bond acceptors (Lipinski definition) is 2. The van der Waals surface area contributed by atoms with Crippen LogP contribution in [0, 0.1) is 6.20 Å². The molecule has 1 heterocycles. The van der Waals surface area contributed by atoms with Crippen LogP contribution in [-0.4, -0.2) is 11.6 Å². The molecule has 3 aromatic rings. The lowest BCUT2D eigenvalue weighted by Gasteiger charge is -2.10. The van der Waals surface area contributed by atoms with E-state index < -0.39 is 0 Å². The van der Waals surface area contributed by atoms with E-state index in [-0.39, 0.29) is 0 Å². The Balaban J connectivity index is 2.13. The number of fused-ring (bicyclic) bond motifs is 1. The molecule has 1 radical (unpaired) electrons. The molecule has 3 rings (SSSR count). The Morgan fingerprint density at radius 2 is 1.84 bits per heavy atom. The zero-order chi connectivity index (χ0) is 13.1. The molecule has 0 atom stereocenters. The van der Waals surface area contributed by atoms with Crippen LogP contribution >= 0.6 is 0 Å². The molecule has 0 unspecified atom stereocenters. The van der Waals surface area contributed by atoms with Crippen molar-refractivity contribution >= 4 is 10.9 Å². The number of ether oxygens (including phenoxy) is 1. The van der Waals surface area contributed by atoms with Gasteiger partial charge in [0.15, 0.2) is 0 Å². The van der Waals surface area contributed by atoms with Gasteiger partial charge in [0.1, 0.15) is 5.75 Å². The predicted octanol–water partition coefficient (Wildman–Crippen LogP) is 4.10. The molecule has 0 saturated heterocycles. The Labute approximate surface area is 112 Å². The van der Waals surface area contributed by atoms with Crippen LogP contribution in [0.25, 0.3) is 22.0 Å². The molecule has 0 bridgehead atoms. The molecule has 0 saturated carbocycles. The average Bonchev–Trinajstić information content (AvgIpc) is 2.48. The van der Waals surface area contributed by atoms with Crippen LogP contribution < -0.4 is 4.74 Å². The summed E-state index contributed by atoms with van der Waals surface area (Å²) in [5, 5.41) is 1.11. The van der Waals surface area contributed by atoms with Crippen molar-refractivity contribution in [2.24, 2.45) is 0 Å². The summed E-state index contributed by atoms with van der Waals surface area (Å²) in [5.74, 6) is 0.873. The van der Waals surface area contributed by atoms with Crippen molar-refractivity contribution < 1.29 is 4.74 Å². The Morgan fingerprint density at radius 3 is 2.74 bits per heavy atom. The summed E-state index contributed by atoms with van der Waals surface area (Å²) in [5.41, 5.74) is 2.95. The van der Waals surface area contributed by atoms with Crippen LogP contribution in [0.15, 0.2) is 54.6 Å². The van der Waals surface area contributed by atoms with Crippen LogP contribution in [0.4, 0.5) is 0 Å². The first-order valence-corrected chi connectivity index (χ1v) is 6.38. The van der Waals surface area contributed by atoms with Gasteiger partial charge in [-0.1, -0.05) is 36.4 Å². The third-order valence-electron chi connectivity index (χ3n) is 3.01. The number of para-hydroxylation sites is 2. The second-order valence-electron chi connectivity index (χ2n) is 4.27. The lowest BCUT2D eigenvalue weighted by atomic mass is 10.0. The molecular weight excluding hydrogens is 234 g/mol. The van der Waals surface area contributed by atoms with E-state index in [9.17, 15) is 0 Å². The fourth-order valence-electron chi connectivity index (χ4n) is 2.13. The molecule has 93 valence electrons. The van der Waals surface area contributed by atoms with Gasteiger partial charge in [0.2, 0.25) is 0 Å². The van der Waals surface area contributed by atoms with Gasteiger partial charge in [0.05, 0.1) is 18.3 Å². The molecule has 0 fully saturated rings. The van der Waals surface area contributed by atoms with E-state index in [1.54, 1.807) is 0 Å². The van der Waals surface area contributed by atoms with E-state index in [1.165, 1.54) is 0 Å². The first kappa shape index (κ1) is 11.7. The molecule has 2 heteroatoms. The predicted molar refractivity (Wildman–Crippen MR) is 77.2 cm³/mol. The molecule has 0 aliphatic carbocycles. The van der Waals surface area contributed by atoms with Crippen molar-refractivity contribution in [1.82, 2.24) is 4.98 Å². The molecule has 19 heavy (non-hydrogen) atoms. The number of rotatable bonds is 3. The summed E-state index contributed by atoms with van der Waals surface area (Å²) in [7, 11) is 0. The van der Waals surface area contributed by atoms with Crippen molar-refractivity contribution in [3.8, 4) is 16.9 Å². The van der Waals surface area contributed by atoms with E-state index in [4.69, 9.17) is 4.74 Å². The SMILES string of the molecule is CCOc1ccccc1-c1[c]nc2ccccc2c1. The van der Waals surface area contributed by atoms with Crippen molar-refractivity contribution in [2.45, 2.75) is 6.92 Å². The largest absolute Gasteiger partial charge is 0.493 e. The minimum absolute atomic E-state index is 0.651. The van der Waals surface area contributed by atoms with Gasteiger partial charge in [-0.2, -0.15) is 0 Å². The fraction of sp³-hybridized carbons (Fsp3) is 0.118. The quantitative estimate of drug-likeness (QED) is 0.696. The van der Waals surface area contributed by atoms with Gasteiger partial charge in [-0.3, -0.25) is 0 Å². The Bertz CT molecular complexity index is 706. The highest BCUT2D eigenvalue weighted by Crippen LogP contribution is 2.30. The highest BCUT2D eigenvalue weighted by atomic mass is 16.5. The van der Waals surface area contributed by atoms with E-state index in [1.807, 2.05) is 49.4 Å². The maximum atomic E-state index is 5.66. The molecule has 2 nitrogen and oxygen atoms in total. The van der Waals surface area contributed by atoms with Crippen LogP contribution in [0.3, 0.4) is 0 Å². The monoisotopic (exact) mass is 248 g/mol. The maximum absolute atomic E-state index is 5.66. The van der Waals surface area contributed by atoms with Crippen LogP contribution in [0.5, 0.6) is 5.75 Å². The minimum Gasteiger partial charge on any atom is -0.493 e. The smallest absolute Gasteiger partial charge is 0.127 e. The van der Waals surface area contributed by atoms with E-state index in [0.717, 1.165) is 27.8 Å². The second kappa shape index (κ2) is 5.11. The van der Waals surface area contributed by atoms with E-state index in [0.29, 0.717) is 6.61 Å². The van der Waals surface area contributed by atoms with Gasteiger partial charge in [-0.25, -0.2) is 4.98 Å². The summed E-state index contributed by atoms with van der Waals surface area (Å²) in [6, 6.07) is 18.1. The van der Waals surface area contributed by atoms with Crippen LogP contribution in [0.1, 0.15) is 6.92 Å². The number of aromatic nitrogens is 1. The molecule has 0 aliphatic rings. The van der Waals surface area contributed by atoms with Crippen molar-refractivity contribution in [3.05, 3.63) is 60.8 Å². The maximum Gasteiger partial charge on any atom is 0.127 e. The van der Waals surface area contributed by atoms with Crippen LogP contribution in [-0.2, 0) is 0 Å². The van der Waals surface area contributed by atoms with Gasteiger partial charge in [-0.05, 0) is 25.1 Å². The Morgan fingerprint density at radius 1 is 1.05 bits per heavy atom. The highest BCUT2D eigenvalue weighted by Gasteiger charge is 2.07. The van der Waals surface area contributed by atoms with Crippen molar-refractivity contribution in [1.29, 1.82) is 0 Å². The zero-order valence-corrected chi connectivity index (χ0v) is 10.8. The first-order valence-electron chi connectivity index (χ1n) is 6.38. The molecule has 1 aromatic heterocycles. The molecule has 2 aromatic carbocycles. The van der Waals surface area contributed by atoms with Gasteiger partial charge in [0.25, 0.3) is 0 Å². The topological polar surface area (TPSA) is 22.1 Å². The Hall–Kier alpha value is -2.35. The van der Waals surface area contributed by atoms with Gasteiger partial charge < -0.3 is 4.74 Å². The standard InChI is InChI=1S/C17H14NO/c1-2-19-17-10-6-4-8-15(17)14-11-13-7-3-5-9-16(13)18-12-14/h3-11H,2H2,1H3. The normalized spacial score (nSPS) is 10.6. The zero-order valence-electron chi connectivity index (χ0n) is 10.8. The average molecular weight is 248 g/mol. The summed E-state index contributed by atoms with van der Waals surface area (Å²) in [6.45, 7) is 2.64. The molecule has 0 spiro atoms. The molecule has 0 aliphatic heterocycles. The van der Waals surface area contributed by atoms with Crippen LogP contribution in [0.2, 0.25) is 0 Å². The summed E-state index contributed by atoms with van der Waals surface area (Å²) in [6.07, 6.45) is 3.10. The third kappa shape index (κ3) is 2.29. The molecular formula is C17H14NO. The minimum atomic E-state index is 0.651. The number of pyridine rings is 1. The summed E-state index contributed by atoms with van der Waals surface area (Å²) < 4.78 is 5.66. The summed E-state index contributed by atoms with van der Waals surface area (Å²) >= 11 is 0. The third-order valence-corrected chi connectivity index (χ3v) is 3.01. The lowest BCUT2D eigenvalue weighted by molar-refractivity contribution is 0.341. The van der Waals surface area contributed by atoms with Crippen molar-refractivity contribution in [2.75, 3.05) is 6.61 Å². The van der Waals surface area contributed by atoms with Gasteiger partial charge in [0, 0.05) is 16.5 Å². The summed E-state index contributed by atoms with van der Waals surface area (Å²) in [4.78, 5) is 4.38. The molecule has 0 N–H and O–H groups in total. The fourth-order valence-corrected chi connectivity index (χ4v) is 2.13. The Kier molecular flexibility index (Phi) is 3.15. The van der Waals surface area contributed by atoms with Crippen molar-refractivity contribution in [3.63, 3.8) is 0 Å². The van der Waals surface area contributed by atoms with E-state index >= 15 is 0 Å². The number of hydrogen-bond donors (Lipinski definition) is 0. The second-order valence-corrected chi connectivity index (χ2v) is 4.27.